The molecule has 1 aliphatic rings. The zero-order chi connectivity index (χ0) is 10.7. The summed E-state index contributed by atoms with van der Waals surface area (Å²) in [6.45, 7) is 0. The van der Waals surface area contributed by atoms with Crippen LogP contribution in [0.4, 0.5) is 0 Å². The number of amides is 1. The van der Waals surface area contributed by atoms with Crippen LogP contribution in [0.25, 0.3) is 0 Å². The van der Waals surface area contributed by atoms with Crippen LogP contribution < -0.4 is 10.1 Å². The third kappa shape index (κ3) is 2.72. The molecular weight excluding hydrogens is 258 g/mol. The molecule has 1 aromatic rings. The van der Waals surface area contributed by atoms with Gasteiger partial charge in [0.15, 0.2) is 0 Å². The van der Waals surface area contributed by atoms with Gasteiger partial charge in [0.2, 0.25) is 6.41 Å². The van der Waals surface area contributed by atoms with Crippen molar-refractivity contribution in [2.24, 2.45) is 0 Å². The number of carbonyl (C=O) groups excluding carboxylic acids is 1. The number of carbonyl (C=O) groups is 1. The molecule has 1 N–H and O–H groups in total. The summed E-state index contributed by atoms with van der Waals surface area (Å²) in [5.41, 5.74) is 0. The molecule has 0 aromatic heterocycles. The SMILES string of the molecule is O=CNC1CC(Oc2ccc(Br)cc2)C1. The van der Waals surface area contributed by atoms with Gasteiger partial charge in [-0.1, -0.05) is 15.9 Å². The van der Waals surface area contributed by atoms with Crippen molar-refractivity contribution in [3.8, 4) is 5.75 Å². The third-order valence-electron chi connectivity index (χ3n) is 2.51. The summed E-state index contributed by atoms with van der Waals surface area (Å²) in [6, 6.07) is 8.07. The van der Waals surface area contributed by atoms with E-state index in [4.69, 9.17) is 4.74 Å². The molecule has 0 radical (unpaired) electrons. The molecule has 1 aromatic carbocycles. The summed E-state index contributed by atoms with van der Waals surface area (Å²) in [7, 11) is 0. The maximum absolute atomic E-state index is 10.2. The van der Waals surface area contributed by atoms with Crippen LogP contribution in [0.1, 0.15) is 12.8 Å². The van der Waals surface area contributed by atoms with E-state index in [0.29, 0.717) is 6.04 Å². The van der Waals surface area contributed by atoms with E-state index in [0.717, 1.165) is 29.5 Å². The lowest BCUT2D eigenvalue weighted by atomic mass is 9.89. The van der Waals surface area contributed by atoms with Gasteiger partial charge < -0.3 is 10.1 Å². The Morgan fingerprint density at radius 3 is 2.60 bits per heavy atom. The quantitative estimate of drug-likeness (QED) is 0.851. The molecule has 2 rings (SSSR count). The molecule has 1 fully saturated rings. The van der Waals surface area contributed by atoms with Crippen LogP contribution in [0.2, 0.25) is 0 Å². The van der Waals surface area contributed by atoms with E-state index in [9.17, 15) is 4.79 Å². The maximum Gasteiger partial charge on any atom is 0.207 e. The van der Waals surface area contributed by atoms with E-state index >= 15 is 0 Å². The lowest BCUT2D eigenvalue weighted by molar-refractivity contribution is -0.111. The first kappa shape index (κ1) is 10.5. The summed E-state index contributed by atoms with van der Waals surface area (Å²) in [4.78, 5) is 10.2. The van der Waals surface area contributed by atoms with E-state index in [1.165, 1.54) is 0 Å². The van der Waals surface area contributed by atoms with Crippen LogP contribution in [-0.2, 0) is 4.79 Å². The average Bonchev–Trinajstić information content (AvgIpc) is 2.18. The molecule has 3 nitrogen and oxygen atoms in total. The molecule has 0 bridgehead atoms. The second-order valence-electron chi connectivity index (χ2n) is 3.65. The summed E-state index contributed by atoms with van der Waals surface area (Å²) >= 11 is 3.37. The topological polar surface area (TPSA) is 38.3 Å². The monoisotopic (exact) mass is 269 g/mol. The second kappa shape index (κ2) is 4.66. The van der Waals surface area contributed by atoms with Crippen molar-refractivity contribution >= 4 is 22.3 Å². The fourth-order valence-electron chi connectivity index (χ4n) is 1.60. The van der Waals surface area contributed by atoms with Gasteiger partial charge in [0.05, 0.1) is 0 Å². The zero-order valence-electron chi connectivity index (χ0n) is 8.15. The molecule has 0 spiro atoms. The normalized spacial score (nSPS) is 24.1. The minimum atomic E-state index is 0.239. The van der Waals surface area contributed by atoms with Crippen molar-refractivity contribution < 1.29 is 9.53 Å². The van der Waals surface area contributed by atoms with Gasteiger partial charge in [-0.05, 0) is 24.3 Å². The third-order valence-corrected chi connectivity index (χ3v) is 3.04. The standard InChI is InChI=1S/C11H12BrNO2/c12-8-1-3-10(4-2-8)15-11-5-9(6-11)13-7-14/h1-4,7,9,11H,5-6H2,(H,13,14). The highest BCUT2D eigenvalue weighted by atomic mass is 79.9. The molecule has 0 heterocycles. The summed E-state index contributed by atoms with van der Waals surface area (Å²) in [5.74, 6) is 0.882. The fraction of sp³-hybridized carbons (Fsp3) is 0.364. The Kier molecular flexibility index (Phi) is 3.26. The number of ether oxygens (including phenoxy) is 1. The minimum absolute atomic E-state index is 0.239. The fourth-order valence-corrected chi connectivity index (χ4v) is 1.86. The lowest BCUT2D eigenvalue weighted by Crippen LogP contribution is -2.46. The number of benzene rings is 1. The highest BCUT2D eigenvalue weighted by Gasteiger charge is 2.30. The van der Waals surface area contributed by atoms with Gasteiger partial charge in [0, 0.05) is 23.4 Å². The number of nitrogens with one attached hydrogen (secondary N) is 1. The Labute approximate surface area is 96.9 Å². The number of halogens is 1. The molecule has 1 amide bonds. The van der Waals surface area contributed by atoms with Crippen molar-refractivity contribution in [2.45, 2.75) is 25.0 Å². The first-order chi connectivity index (χ1) is 7.28. The van der Waals surface area contributed by atoms with E-state index in [-0.39, 0.29) is 6.10 Å². The number of rotatable bonds is 4. The van der Waals surface area contributed by atoms with E-state index in [2.05, 4.69) is 21.2 Å². The lowest BCUT2D eigenvalue weighted by Gasteiger charge is -2.34. The molecule has 1 saturated carbocycles. The minimum Gasteiger partial charge on any atom is -0.490 e. The Balaban J connectivity index is 1.79. The summed E-state index contributed by atoms with van der Waals surface area (Å²) < 4.78 is 6.75. The van der Waals surface area contributed by atoms with Gasteiger partial charge in [-0.2, -0.15) is 0 Å². The molecule has 0 unspecified atom stereocenters. The second-order valence-corrected chi connectivity index (χ2v) is 4.56. The smallest absolute Gasteiger partial charge is 0.207 e. The van der Waals surface area contributed by atoms with Crippen molar-refractivity contribution in [1.82, 2.24) is 5.32 Å². The van der Waals surface area contributed by atoms with Crippen molar-refractivity contribution in [2.75, 3.05) is 0 Å². The first-order valence-electron chi connectivity index (χ1n) is 4.90. The van der Waals surface area contributed by atoms with Gasteiger partial charge in [-0.3, -0.25) is 4.79 Å². The average molecular weight is 270 g/mol. The molecular formula is C11H12BrNO2. The molecule has 15 heavy (non-hydrogen) atoms. The number of hydrogen-bond donors (Lipinski definition) is 1. The van der Waals surface area contributed by atoms with Crippen LogP contribution in [0.3, 0.4) is 0 Å². The highest BCUT2D eigenvalue weighted by molar-refractivity contribution is 9.10. The van der Waals surface area contributed by atoms with Crippen molar-refractivity contribution in [3.63, 3.8) is 0 Å². The molecule has 1 aliphatic carbocycles. The summed E-state index contributed by atoms with van der Waals surface area (Å²) in [6.07, 6.45) is 2.79. The van der Waals surface area contributed by atoms with Gasteiger partial charge in [0.1, 0.15) is 11.9 Å². The maximum atomic E-state index is 10.2. The van der Waals surface area contributed by atoms with Gasteiger partial charge >= 0.3 is 0 Å². The van der Waals surface area contributed by atoms with Gasteiger partial charge in [0.25, 0.3) is 0 Å². The highest BCUT2D eigenvalue weighted by Crippen LogP contribution is 2.26. The van der Waals surface area contributed by atoms with E-state index in [1.54, 1.807) is 0 Å². The van der Waals surface area contributed by atoms with Crippen molar-refractivity contribution in [1.29, 1.82) is 0 Å². The number of hydrogen-bond acceptors (Lipinski definition) is 2. The molecule has 80 valence electrons. The van der Waals surface area contributed by atoms with Crippen LogP contribution in [-0.4, -0.2) is 18.6 Å². The largest absolute Gasteiger partial charge is 0.490 e. The molecule has 0 aliphatic heterocycles. The molecule has 4 heteroatoms. The van der Waals surface area contributed by atoms with Crippen LogP contribution in [0, 0.1) is 0 Å². The zero-order valence-corrected chi connectivity index (χ0v) is 9.74. The Morgan fingerprint density at radius 1 is 1.33 bits per heavy atom. The van der Waals surface area contributed by atoms with E-state index in [1.807, 2.05) is 24.3 Å². The van der Waals surface area contributed by atoms with Crippen LogP contribution >= 0.6 is 15.9 Å². The predicted molar refractivity (Wildman–Crippen MR) is 60.8 cm³/mol. The predicted octanol–water partition coefficient (Wildman–Crippen LogP) is 2.10. The Hall–Kier alpha value is -1.03. The van der Waals surface area contributed by atoms with E-state index < -0.39 is 0 Å². The van der Waals surface area contributed by atoms with Crippen molar-refractivity contribution in [3.05, 3.63) is 28.7 Å². The van der Waals surface area contributed by atoms with Crippen LogP contribution in [0.5, 0.6) is 5.75 Å². The van der Waals surface area contributed by atoms with Gasteiger partial charge in [-0.15, -0.1) is 0 Å². The first-order valence-corrected chi connectivity index (χ1v) is 5.69. The van der Waals surface area contributed by atoms with Crippen LogP contribution in [0.15, 0.2) is 28.7 Å². The Morgan fingerprint density at radius 2 is 2.00 bits per heavy atom. The molecule has 0 saturated heterocycles. The van der Waals surface area contributed by atoms with Gasteiger partial charge in [-0.25, -0.2) is 0 Å². The Bertz CT molecular complexity index is 333. The molecule has 0 atom stereocenters. The summed E-state index contributed by atoms with van der Waals surface area (Å²) in [5, 5.41) is 2.74.